The number of rotatable bonds is 2. The Bertz CT molecular complexity index is 231. The molecule has 1 rings (SSSR count). The van der Waals surface area contributed by atoms with Gasteiger partial charge in [0.25, 0.3) is 0 Å². The molecule has 0 atom stereocenters. The molecule has 0 spiro atoms. The van der Waals surface area contributed by atoms with Crippen LogP contribution in [-0.4, -0.2) is 21.9 Å². The van der Waals surface area contributed by atoms with Gasteiger partial charge in [0.15, 0.2) is 5.11 Å². The number of thiocarbonyl (C=S) groups is 1. The molecule has 0 saturated carbocycles. The van der Waals surface area contributed by atoms with Gasteiger partial charge in [-0.3, -0.25) is 15.0 Å². The fraction of sp³-hybridized carbons (Fsp3) is 0.400. The number of hydrogen-bond acceptors (Lipinski definition) is 4. The molecule has 0 radical (unpaired) electrons. The van der Waals surface area contributed by atoms with E-state index in [4.69, 9.17) is 5.73 Å². The maximum Gasteiger partial charge on any atom is 0.245 e. The molecule has 1 heterocycles. The van der Waals surface area contributed by atoms with Crippen molar-refractivity contribution in [3.8, 4) is 0 Å². The first-order valence-electron chi connectivity index (χ1n) is 3.28. The van der Waals surface area contributed by atoms with E-state index in [0.29, 0.717) is 0 Å². The molecule has 2 amide bonds. The molecule has 0 aromatic heterocycles. The van der Waals surface area contributed by atoms with Crippen molar-refractivity contribution in [1.82, 2.24) is 16.0 Å². The normalized spacial score (nSPS) is 15.5. The predicted octanol–water partition coefficient (Wildman–Crippen LogP) is -1.19. The standard InChI is InChI=1S/C5H8N4O2S.ClH/c6-5(12)7-8-9-3(10)1-2-4(9)11;/h8H,1-2H2,(H3,6,7,12);1H. The van der Waals surface area contributed by atoms with E-state index in [1.165, 1.54) is 0 Å². The number of hydrogen-bond donors (Lipinski definition) is 3. The molecular weight excluding hydrogens is 216 g/mol. The maximum atomic E-state index is 10.9. The van der Waals surface area contributed by atoms with Crippen LogP contribution in [0.1, 0.15) is 12.8 Å². The third kappa shape index (κ3) is 3.13. The average Bonchev–Trinajstić information content (AvgIpc) is 2.28. The van der Waals surface area contributed by atoms with Gasteiger partial charge in [0.2, 0.25) is 11.8 Å². The van der Waals surface area contributed by atoms with E-state index in [0.717, 1.165) is 5.01 Å². The molecule has 0 aromatic carbocycles. The number of halogens is 1. The lowest BCUT2D eigenvalue weighted by molar-refractivity contribution is -0.142. The Hall–Kier alpha value is -0.920. The van der Waals surface area contributed by atoms with Crippen LogP contribution in [0.2, 0.25) is 0 Å². The van der Waals surface area contributed by atoms with Gasteiger partial charge in [-0.1, -0.05) is 0 Å². The topological polar surface area (TPSA) is 87.5 Å². The van der Waals surface area contributed by atoms with Gasteiger partial charge in [0.05, 0.1) is 0 Å². The maximum absolute atomic E-state index is 10.9. The van der Waals surface area contributed by atoms with Crippen LogP contribution < -0.4 is 16.7 Å². The summed E-state index contributed by atoms with van der Waals surface area (Å²) in [7, 11) is 0. The highest BCUT2D eigenvalue weighted by Gasteiger charge is 2.28. The van der Waals surface area contributed by atoms with Gasteiger partial charge in [0.1, 0.15) is 0 Å². The van der Waals surface area contributed by atoms with E-state index >= 15 is 0 Å². The highest BCUT2D eigenvalue weighted by Crippen LogP contribution is 2.07. The highest BCUT2D eigenvalue weighted by atomic mass is 35.5. The quantitative estimate of drug-likeness (QED) is 0.311. The van der Waals surface area contributed by atoms with Crippen LogP contribution in [0.5, 0.6) is 0 Å². The first-order chi connectivity index (χ1) is 5.61. The predicted molar refractivity (Wildman–Crippen MR) is 51.4 cm³/mol. The van der Waals surface area contributed by atoms with E-state index < -0.39 is 0 Å². The zero-order valence-corrected chi connectivity index (χ0v) is 8.20. The van der Waals surface area contributed by atoms with Crippen LogP contribution in [0, 0.1) is 0 Å². The third-order valence-electron chi connectivity index (χ3n) is 1.34. The molecule has 0 bridgehead atoms. The lowest BCUT2D eigenvalue weighted by Gasteiger charge is -2.14. The molecule has 4 N–H and O–H groups in total. The number of amides is 2. The SMILES string of the molecule is Cl.NC(=S)NNN1C(=O)CCC1=O. The Kier molecular flexibility index (Phi) is 4.60. The molecule has 1 fully saturated rings. The fourth-order valence-electron chi connectivity index (χ4n) is 0.812. The van der Waals surface area contributed by atoms with Crippen molar-refractivity contribution >= 4 is 41.6 Å². The molecule has 1 aliphatic heterocycles. The fourth-order valence-corrected chi connectivity index (χ4v) is 0.858. The Labute approximate surface area is 86.2 Å². The number of hydrazine groups is 2. The zero-order valence-electron chi connectivity index (χ0n) is 6.57. The van der Waals surface area contributed by atoms with E-state index in [9.17, 15) is 9.59 Å². The Morgan fingerprint density at radius 1 is 1.38 bits per heavy atom. The third-order valence-corrected chi connectivity index (χ3v) is 1.44. The van der Waals surface area contributed by atoms with Gasteiger partial charge in [0, 0.05) is 12.8 Å². The lowest BCUT2D eigenvalue weighted by atomic mass is 10.4. The molecule has 6 nitrogen and oxygen atoms in total. The van der Waals surface area contributed by atoms with Crippen molar-refractivity contribution in [2.24, 2.45) is 5.73 Å². The summed E-state index contributed by atoms with van der Waals surface area (Å²) in [4.78, 5) is 21.8. The second kappa shape index (κ2) is 4.95. The van der Waals surface area contributed by atoms with Crippen LogP contribution in [-0.2, 0) is 9.59 Å². The molecule has 0 aliphatic carbocycles. The summed E-state index contributed by atoms with van der Waals surface area (Å²) in [6.07, 6.45) is 0.454. The number of nitrogens with one attached hydrogen (secondary N) is 2. The zero-order chi connectivity index (χ0) is 9.14. The lowest BCUT2D eigenvalue weighted by Crippen LogP contribution is -2.53. The summed E-state index contributed by atoms with van der Waals surface area (Å²) >= 11 is 4.46. The Morgan fingerprint density at radius 3 is 2.23 bits per heavy atom. The van der Waals surface area contributed by atoms with Crippen molar-refractivity contribution in [3.05, 3.63) is 0 Å². The molecule has 13 heavy (non-hydrogen) atoms. The average molecular weight is 225 g/mol. The first-order valence-corrected chi connectivity index (χ1v) is 3.69. The van der Waals surface area contributed by atoms with Crippen molar-refractivity contribution < 1.29 is 9.59 Å². The summed E-state index contributed by atoms with van der Waals surface area (Å²) < 4.78 is 0. The molecule has 1 saturated heterocycles. The van der Waals surface area contributed by atoms with E-state index in [1.54, 1.807) is 0 Å². The van der Waals surface area contributed by atoms with Crippen LogP contribution in [0.15, 0.2) is 0 Å². The number of nitrogens with two attached hydrogens (primary N) is 1. The molecular formula is C5H9ClN4O2S. The van der Waals surface area contributed by atoms with Crippen molar-refractivity contribution in [2.45, 2.75) is 12.8 Å². The first kappa shape index (κ1) is 12.1. The highest BCUT2D eigenvalue weighted by molar-refractivity contribution is 7.80. The minimum atomic E-state index is -0.288. The summed E-state index contributed by atoms with van der Waals surface area (Å²) in [5.41, 5.74) is 9.66. The molecule has 0 unspecified atom stereocenters. The van der Waals surface area contributed by atoms with Crippen molar-refractivity contribution in [3.63, 3.8) is 0 Å². The number of carbonyl (C=O) groups is 2. The Morgan fingerprint density at radius 2 is 1.85 bits per heavy atom. The minimum Gasteiger partial charge on any atom is -0.375 e. The number of carbonyl (C=O) groups excluding carboxylic acids is 2. The summed E-state index contributed by atoms with van der Waals surface area (Å²) in [5, 5.41) is 0.835. The monoisotopic (exact) mass is 224 g/mol. The van der Waals surface area contributed by atoms with Crippen LogP contribution in [0.4, 0.5) is 0 Å². The molecule has 8 heteroatoms. The molecule has 74 valence electrons. The molecule has 0 aromatic rings. The largest absolute Gasteiger partial charge is 0.375 e. The van der Waals surface area contributed by atoms with E-state index in [-0.39, 0.29) is 42.2 Å². The summed E-state index contributed by atoms with van der Waals surface area (Å²) in [6, 6.07) is 0. The van der Waals surface area contributed by atoms with Gasteiger partial charge in [-0.05, 0) is 12.2 Å². The number of nitrogens with zero attached hydrogens (tertiary/aromatic N) is 1. The smallest absolute Gasteiger partial charge is 0.245 e. The van der Waals surface area contributed by atoms with Gasteiger partial charge >= 0.3 is 0 Å². The van der Waals surface area contributed by atoms with E-state index in [1.807, 2.05) is 0 Å². The van der Waals surface area contributed by atoms with Crippen molar-refractivity contribution in [2.75, 3.05) is 0 Å². The van der Waals surface area contributed by atoms with Crippen LogP contribution >= 0.6 is 24.6 Å². The van der Waals surface area contributed by atoms with Gasteiger partial charge in [-0.15, -0.1) is 17.9 Å². The second-order valence-corrected chi connectivity index (χ2v) is 2.66. The van der Waals surface area contributed by atoms with Gasteiger partial charge < -0.3 is 5.73 Å². The van der Waals surface area contributed by atoms with Crippen molar-refractivity contribution in [1.29, 1.82) is 0 Å². The summed E-state index contributed by atoms with van der Waals surface area (Å²) in [6.45, 7) is 0. The van der Waals surface area contributed by atoms with Gasteiger partial charge in [-0.2, -0.15) is 5.01 Å². The Balaban J connectivity index is 0.00000144. The number of imide groups is 1. The van der Waals surface area contributed by atoms with Crippen LogP contribution in [0.25, 0.3) is 0 Å². The molecule has 1 aliphatic rings. The van der Waals surface area contributed by atoms with E-state index in [2.05, 4.69) is 23.2 Å². The van der Waals surface area contributed by atoms with Crippen LogP contribution in [0.3, 0.4) is 0 Å². The summed E-state index contributed by atoms with van der Waals surface area (Å²) in [5.74, 6) is -0.576. The van der Waals surface area contributed by atoms with Gasteiger partial charge in [-0.25, -0.2) is 0 Å². The second-order valence-electron chi connectivity index (χ2n) is 2.22. The minimum absolute atomic E-state index is 0.